The molecule has 0 radical (unpaired) electrons. The number of hydrogen-bond acceptors (Lipinski definition) is 3. The Balaban J connectivity index is 2.58. The number of thiophene rings is 1. The number of aromatic nitrogens is 2. The molecule has 0 aliphatic heterocycles. The van der Waals surface area contributed by atoms with Crippen LogP contribution in [0.15, 0.2) is 23.7 Å². The molecule has 0 spiro atoms. The van der Waals surface area contributed by atoms with E-state index in [2.05, 4.69) is 25.9 Å². The second-order valence-electron chi connectivity index (χ2n) is 4.85. The normalized spacial score (nSPS) is 11.7. The average molecular weight is 265 g/mol. The van der Waals surface area contributed by atoms with Crippen LogP contribution in [-0.2, 0) is 5.54 Å². The lowest BCUT2D eigenvalue weighted by Crippen LogP contribution is -2.22. The Morgan fingerprint density at radius 1 is 1.47 bits per heavy atom. The van der Waals surface area contributed by atoms with Crippen LogP contribution in [0.25, 0.3) is 10.6 Å². The highest BCUT2D eigenvalue weighted by molar-refractivity contribution is 7.80. The van der Waals surface area contributed by atoms with Gasteiger partial charge in [-0.3, -0.25) is 4.68 Å². The largest absolute Gasteiger partial charge is 0.389 e. The van der Waals surface area contributed by atoms with E-state index in [0.29, 0.717) is 4.99 Å². The molecular weight excluding hydrogens is 250 g/mol. The van der Waals surface area contributed by atoms with Crippen LogP contribution in [0.2, 0.25) is 0 Å². The first-order chi connectivity index (χ1) is 7.89. The van der Waals surface area contributed by atoms with Crippen LogP contribution in [0.1, 0.15) is 26.3 Å². The van der Waals surface area contributed by atoms with Crippen LogP contribution in [-0.4, -0.2) is 14.8 Å². The first-order valence-corrected chi connectivity index (χ1v) is 6.62. The van der Waals surface area contributed by atoms with Gasteiger partial charge in [-0.15, -0.1) is 11.3 Å². The molecule has 0 atom stereocenters. The number of nitrogens with zero attached hydrogens (tertiary/aromatic N) is 2. The molecule has 0 unspecified atom stereocenters. The molecule has 0 aromatic carbocycles. The molecule has 17 heavy (non-hydrogen) atoms. The van der Waals surface area contributed by atoms with Crippen LogP contribution in [0.3, 0.4) is 0 Å². The van der Waals surface area contributed by atoms with Gasteiger partial charge in [0.1, 0.15) is 10.7 Å². The zero-order chi connectivity index (χ0) is 12.6. The molecule has 0 saturated carbocycles. The van der Waals surface area contributed by atoms with Gasteiger partial charge in [-0.2, -0.15) is 5.10 Å². The Morgan fingerprint density at radius 3 is 2.65 bits per heavy atom. The molecule has 5 heteroatoms. The molecule has 90 valence electrons. The summed E-state index contributed by atoms with van der Waals surface area (Å²) in [5, 5.41) is 6.63. The number of rotatable bonds is 2. The molecule has 2 rings (SSSR count). The van der Waals surface area contributed by atoms with Gasteiger partial charge >= 0.3 is 0 Å². The minimum absolute atomic E-state index is 0.0744. The monoisotopic (exact) mass is 265 g/mol. The summed E-state index contributed by atoms with van der Waals surface area (Å²) in [4.78, 5) is 1.49. The summed E-state index contributed by atoms with van der Waals surface area (Å²) >= 11 is 6.73. The zero-order valence-electron chi connectivity index (χ0n) is 10.1. The Hall–Kier alpha value is -1.20. The zero-order valence-corrected chi connectivity index (χ0v) is 11.7. The second kappa shape index (κ2) is 4.23. The van der Waals surface area contributed by atoms with E-state index in [-0.39, 0.29) is 5.54 Å². The number of hydrogen-bond donors (Lipinski definition) is 1. The molecule has 2 heterocycles. The molecule has 0 bridgehead atoms. The first kappa shape index (κ1) is 12.3. The quantitative estimate of drug-likeness (QED) is 0.849. The van der Waals surface area contributed by atoms with E-state index < -0.39 is 0 Å². The van der Waals surface area contributed by atoms with Gasteiger partial charge in [0, 0.05) is 6.20 Å². The Kier molecular flexibility index (Phi) is 3.05. The van der Waals surface area contributed by atoms with Crippen molar-refractivity contribution in [1.29, 1.82) is 0 Å². The van der Waals surface area contributed by atoms with E-state index in [1.165, 1.54) is 0 Å². The van der Waals surface area contributed by atoms with Crippen molar-refractivity contribution in [2.24, 2.45) is 5.73 Å². The van der Waals surface area contributed by atoms with Gasteiger partial charge in [-0.05, 0) is 32.2 Å². The molecule has 0 aliphatic rings. The summed E-state index contributed by atoms with van der Waals surface area (Å²) in [5.41, 5.74) is 7.41. The molecule has 0 aliphatic carbocycles. The van der Waals surface area contributed by atoms with Gasteiger partial charge < -0.3 is 5.73 Å². The second-order valence-corrected chi connectivity index (χ2v) is 6.24. The van der Waals surface area contributed by atoms with Crippen molar-refractivity contribution in [2.75, 3.05) is 0 Å². The fourth-order valence-electron chi connectivity index (χ4n) is 1.49. The van der Waals surface area contributed by atoms with E-state index in [1.807, 2.05) is 28.4 Å². The molecular formula is C12H15N3S2. The summed E-state index contributed by atoms with van der Waals surface area (Å²) in [5.74, 6) is 0. The third-order valence-corrected chi connectivity index (χ3v) is 3.52. The van der Waals surface area contributed by atoms with Gasteiger partial charge in [-0.1, -0.05) is 18.3 Å². The van der Waals surface area contributed by atoms with Crippen molar-refractivity contribution in [3.05, 3.63) is 29.3 Å². The van der Waals surface area contributed by atoms with Crippen molar-refractivity contribution in [3.63, 3.8) is 0 Å². The van der Waals surface area contributed by atoms with E-state index in [4.69, 9.17) is 18.0 Å². The summed E-state index contributed by atoms with van der Waals surface area (Å²) in [6, 6.07) is 4.03. The number of nitrogens with two attached hydrogens (primary N) is 1. The maximum Gasteiger partial charge on any atom is 0.112 e. The smallest absolute Gasteiger partial charge is 0.112 e. The van der Waals surface area contributed by atoms with Gasteiger partial charge in [0.15, 0.2) is 0 Å². The van der Waals surface area contributed by atoms with Crippen molar-refractivity contribution in [2.45, 2.75) is 26.3 Å². The Bertz CT molecular complexity index is 533. The predicted octanol–water partition coefficient (Wildman–Crippen LogP) is 3.00. The molecule has 2 aromatic heterocycles. The summed E-state index contributed by atoms with van der Waals surface area (Å²) in [6.07, 6.45) is 1.93. The standard InChI is InChI=1S/C12H15N3S2/c1-12(2,3)15-7-8(11(13)16)10(14-15)9-5-4-6-17-9/h4-7H,1-3H3,(H2,13,16). The van der Waals surface area contributed by atoms with Crippen LogP contribution >= 0.6 is 23.6 Å². The number of thiocarbonyl (C=S) groups is 1. The van der Waals surface area contributed by atoms with Crippen molar-refractivity contribution in [1.82, 2.24) is 9.78 Å². The van der Waals surface area contributed by atoms with Crippen LogP contribution in [0.4, 0.5) is 0 Å². The molecule has 2 aromatic rings. The Labute approximate surface area is 110 Å². The highest BCUT2D eigenvalue weighted by Crippen LogP contribution is 2.28. The van der Waals surface area contributed by atoms with Crippen LogP contribution in [0.5, 0.6) is 0 Å². The average Bonchev–Trinajstić information content (AvgIpc) is 2.85. The van der Waals surface area contributed by atoms with Crippen molar-refractivity contribution in [3.8, 4) is 10.6 Å². The fourth-order valence-corrected chi connectivity index (χ4v) is 2.37. The maximum absolute atomic E-state index is 5.76. The fraction of sp³-hybridized carbons (Fsp3) is 0.333. The van der Waals surface area contributed by atoms with E-state index in [9.17, 15) is 0 Å². The van der Waals surface area contributed by atoms with Crippen LogP contribution in [0, 0.1) is 0 Å². The third kappa shape index (κ3) is 2.40. The topological polar surface area (TPSA) is 43.8 Å². The SMILES string of the molecule is CC(C)(C)n1cc(C(N)=S)c(-c2cccs2)n1. The van der Waals surface area contributed by atoms with Crippen molar-refractivity contribution < 1.29 is 0 Å². The van der Waals surface area contributed by atoms with Gasteiger partial charge in [0.05, 0.1) is 16.0 Å². The van der Waals surface area contributed by atoms with E-state index >= 15 is 0 Å². The van der Waals surface area contributed by atoms with Crippen molar-refractivity contribution >= 4 is 28.5 Å². The van der Waals surface area contributed by atoms with Gasteiger partial charge in [0.25, 0.3) is 0 Å². The summed E-state index contributed by atoms with van der Waals surface area (Å²) in [6.45, 7) is 6.30. The highest BCUT2D eigenvalue weighted by Gasteiger charge is 2.20. The molecule has 2 N–H and O–H groups in total. The molecule has 0 amide bonds. The molecule has 0 fully saturated rings. The molecule has 0 saturated heterocycles. The maximum atomic E-state index is 5.76. The summed E-state index contributed by atoms with van der Waals surface area (Å²) in [7, 11) is 0. The third-order valence-electron chi connectivity index (χ3n) is 2.42. The van der Waals surface area contributed by atoms with Gasteiger partial charge in [0.2, 0.25) is 0 Å². The Morgan fingerprint density at radius 2 is 2.18 bits per heavy atom. The lowest BCUT2D eigenvalue weighted by atomic mass is 10.1. The highest BCUT2D eigenvalue weighted by atomic mass is 32.1. The minimum atomic E-state index is -0.0744. The minimum Gasteiger partial charge on any atom is -0.389 e. The van der Waals surface area contributed by atoms with E-state index in [1.54, 1.807) is 11.3 Å². The lowest BCUT2D eigenvalue weighted by Gasteiger charge is -2.18. The predicted molar refractivity (Wildman–Crippen MR) is 76.4 cm³/mol. The summed E-state index contributed by atoms with van der Waals surface area (Å²) < 4.78 is 1.91. The van der Waals surface area contributed by atoms with E-state index in [0.717, 1.165) is 16.1 Å². The lowest BCUT2D eigenvalue weighted by molar-refractivity contribution is 0.356. The van der Waals surface area contributed by atoms with Crippen LogP contribution < -0.4 is 5.73 Å². The van der Waals surface area contributed by atoms with Gasteiger partial charge in [-0.25, -0.2) is 0 Å². The first-order valence-electron chi connectivity index (χ1n) is 5.33. The molecule has 3 nitrogen and oxygen atoms in total.